The minimum Gasteiger partial charge on any atom is -0.350 e. The van der Waals surface area contributed by atoms with Gasteiger partial charge in [-0.1, -0.05) is 6.07 Å². The number of aromatic amines is 1. The summed E-state index contributed by atoms with van der Waals surface area (Å²) in [6.07, 6.45) is 0.729. The number of aryl methyl sites for hydroxylation is 1. The van der Waals surface area contributed by atoms with E-state index in [-0.39, 0.29) is 24.4 Å². The number of H-pyrrole nitrogens is 1. The smallest absolute Gasteiger partial charge is 0.234 e. The molecule has 0 radical (unpaired) electrons. The molecular formula is C19H26F2N6O. The summed E-state index contributed by atoms with van der Waals surface area (Å²) < 4.78 is 27.2. The zero-order valence-electron chi connectivity index (χ0n) is 16.4. The second-order valence-electron chi connectivity index (χ2n) is 7.56. The number of aromatic nitrogens is 3. The highest BCUT2D eigenvalue weighted by atomic mass is 19.1. The molecule has 1 aliphatic heterocycles. The topological polar surface area (TPSA) is 77.2 Å². The van der Waals surface area contributed by atoms with Crippen LogP contribution in [-0.4, -0.2) is 70.7 Å². The van der Waals surface area contributed by atoms with Crippen LogP contribution in [0.15, 0.2) is 18.2 Å². The number of rotatable bonds is 6. The van der Waals surface area contributed by atoms with E-state index < -0.39 is 11.6 Å². The van der Waals surface area contributed by atoms with Crippen molar-refractivity contribution in [2.45, 2.75) is 31.8 Å². The first-order valence-corrected chi connectivity index (χ1v) is 9.31. The number of hydrogen-bond acceptors (Lipinski definition) is 5. The molecule has 7 nitrogen and oxygen atoms in total. The number of carbonyl (C=O) groups is 1. The molecule has 1 fully saturated rings. The van der Waals surface area contributed by atoms with Gasteiger partial charge in [-0.15, -0.1) is 0 Å². The number of nitrogens with zero attached hydrogens (tertiary/aromatic N) is 4. The summed E-state index contributed by atoms with van der Waals surface area (Å²) in [6, 6.07) is 3.43. The molecule has 152 valence electrons. The third-order valence-corrected chi connectivity index (χ3v) is 4.86. The molecule has 2 N–H and O–H groups in total. The van der Waals surface area contributed by atoms with Gasteiger partial charge in [-0.3, -0.25) is 14.8 Å². The number of carbonyl (C=O) groups excluding carboxylic acids is 1. The molecule has 1 aromatic carbocycles. The van der Waals surface area contributed by atoms with Crippen molar-refractivity contribution in [1.29, 1.82) is 0 Å². The maximum atomic E-state index is 14.0. The molecule has 9 heteroatoms. The van der Waals surface area contributed by atoms with Crippen molar-refractivity contribution in [2.24, 2.45) is 0 Å². The number of piperidine rings is 1. The summed E-state index contributed by atoms with van der Waals surface area (Å²) in [7, 11) is 3.67. The normalized spacial score (nSPS) is 20.5. The summed E-state index contributed by atoms with van der Waals surface area (Å²) >= 11 is 0. The van der Waals surface area contributed by atoms with E-state index in [1.54, 1.807) is 4.90 Å². The summed E-state index contributed by atoms with van der Waals surface area (Å²) in [6.45, 7) is 3.71. The minimum atomic E-state index is -0.589. The van der Waals surface area contributed by atoms with E-state index in [9.17, 15) is 13.6 Å². The van der Waals surface area contributed by atoms with E-state index in [1.807, 2.05) is 21.0 Å². The van der Waals surface area contributed by atoms with Crippen LogP contribution in [0.4, 0.5) is 8.78 Å². The zero-order valence-corrected chi connectivity index (χ0v) is 16.4. The lowest BCUT2D eigenvalue weighted by Crippen LogP contribution is -2.53. The molecule has 2 heterocycles. The van der Waals surface area contributed by atoms with Gasteiger partial charge >= 0.3 is 0 Å². The Morgan fingerprint density at radius 3 is 2.82 bits per heavy atom. The van der Waals surface area contributed by atoms with Crippen LogP contribution < -0.4 is 5.32 Å². The van der Waals surface area contributed by atoms with Crippen molar-refractivity contribution in [3.63, 3.8) is 0 Å². The molecule has 3 rings (SSSR count). The molecule has 1 aromatic heterocycles. The maximum Gasteiger partial charge on any atom is 0.234 e. The van der Waals surface area contributed by atoms with Gasteiger partial charge in [-0.2, -0.15) is 5.10 Å². The molecule has 2 aromatic rings. The molecule has 0 unspecified atom stereocenters. The molecule has 0 aliphatic carbocycles. The van der Waals surface area contributed by atoms with E-state index in [4.69, 9.17) is 0 Å². The second-order valence-corrected chi connectivity index (χ2v) is 7.56. The third kappa shape index (κ3) is 5.11. The fraction of sp³-hybridized carbons (Fsp3) is 0.526. The monoisotopic (exact) mass is 392 g/mol. The van der Waals surface area contributed by atoms with E-state index >= 15 is 0 Å². The van der Waals surface area contributed by atoms with Gasteiger partial charge in [0.25, 0.3) is 0 Å². The number of amides is 1. The van der Waals surface area contributed by atoms with Crippen molar-refractivity contribution in [2.75, 3.05) is 33.7 Å². The number of halogens is 2. The first-order chi connectivity index (χ1) is 13.3. The Morgan fingerprint density at radius 1 is 1.39 bits per heavy atom. The first kappa shape index (κ1) is 20.3. The molecule has 2 atom stereocenters. The number of likely N-dealkylation sites (N-methyl/N-ethyl adjacent to an activating group) is 1. The molecule has 28 heavy (non-hydrogen) atoms. The predicted molar refractivity (Wildman–Crippen MR) is 101 cm³/mol. The van der Waals surface area contributed by atoms with E-state index in [0.29, 0.717) is 31.0 Å². The number of likely N-dealkylation sites (tertiary alicyclic amines) is 1. The van der Waals surface area contributed by atoms with Gasteiger partial charge in [0.2, 0.25) is 5.91 Å². The Morgan fingerprint density at radius 2 is 2.18 bits per heavy atom. The summed E-state index contributed by atoms with van der Waals surface area (Å²) in [4.78, 5) is 20.6. The minimum absolute atomic E-state index is 0.0228. The Labute approximate surface area is 163 Å². The third-order valence-electron chi connectivity index (χ3n) is 4.86. The van der Waals surface area contributed by atoms with Gasteiger partial charge in [0.05, 0.1) is 12.6 Å². The largest absolute Gasteiger partial charge is 0.350 e. The van der Waals surface area contributed by atoms with Gasteiger partial charge in [0.15, 0.2) is 5.82 Å². The molecule has 0 bridgehead atoms. The number of nitrogens with one attached hydrogen (secondary N) is 2. The van der Waals surface area contributed by atoms with Crippen LogP contribution in [-0.2, 0) is 11.3 Å². The zero-order chi connectivity index (χ0) is 20.3. The highest BCUT2D eigenvalue weighted by molar-refractivity contribution is 5.78. The summed E-state index contributed by atoms with van der Waals surface area (Å²) in [5.41, 5.74) is 0.437. The number of benzene rings is 1. The predicted octanol–water partition coefficient (Wildman–Crippen LogP) is 1.43. The maximum absolute atomic E-state index is 14.0. The molecule has 1 aliphatic rings. The van der Waals surface area contributed by atoms with Gasteiger partial charge in [-0.25, -0.2) is 13.8 Å². The lowest BCUT2D eigenvalue weighted by Gasteiger charge is -2.38. The lowest BCUT2D eigenvalue weighted by molar-refractivity contribution is -0.123. The van der Waals surface area contributed by atoms with Crippen molar-refractivity contribution in [3.8, 4) is 0 Å². The second kappa shape index (κ2) is 8.74. The summed E-state index contributed by atoms with van der Waals surface area (Å²) in [5, 5.41) is 10.2. The quantitative estimate of drug-likeness (QED) is 0.778. The Bertz CT molecular complexity index is 825. The SMILES string of the molecule is Cc1nc([C@H]2CCN(Cc3ccc(F)cc3F)C[C@H]2NC(=O)CN(C)C)n[nH]1. The van der Waals surface area contributed by atoms with Gasteiger partial charge < -0.3 is 10.2 Å². The fourth-order valence-electron chi connectivity index (χ4n) is 3.57. The lowest BCUT2D eigenvalue weighted by atomic mass is 9.90. The Kier molecular flexibility index (Phi) is 6.35. The van der Waals surface area contributed by atoms with Crippen molar-refractivity contribution < 1.29 is 13.6 Å². The van der Waals surface area contributed by atoms with Crippen molar-refractivity contribution in [3.05, 3.63) is 47.0 Å². The molecule has 0 saturated carbocycles. The fourth-order valence-corrected chi connectivity index (χ4v) is 3.57. The molecule has 1 amide bonds. The average Bonchev–Trinajstić information content (AvgIpc) is 3.03. The van der Waals surface area contributed by atoms with Gasteiger partial charge in [-0.05, 0) is 40.1 Å². The highest BCUT2D eigenvalue weighted by Crippen LogP contribution is 2.27. The van der Waals surface area contributed by atoms with Gasteiger partial charge in [0.1, 0.15) is 17.5 Å². The highest BCUT2D eigenvalue weighted by Gasteiger charge is 2.34. The molecule has 0 spiro atoms. The van der Waals surface area contributed by atoms with E-state index in [1.165, 1.54) is 12.1 Å². The van der Waals surface area contributed by atoms with Gasteiger partial charge in [0, 0.05) is 30.6 Å². The standard InChI is InChI=1S/C19H26F2N6O/c1-12-22-19(25-24-12)15-6-7-27(9-13-4-5-14(20)8-16(13)21)10-17(15)23-18(28)11-26(2)3/h4-5,8,15,17H,6-7,9-11H2,1-3H3,(H,23,28)(H,22,24,25)/t15-,17+/m0/s1. The Hall–Kier alpha value is -2.39. The first-order valence-electron chi connectivity index (χ1n) is 9.31. The van der Waals surface area contributed by atoms with Crippen LogP contribution in [0.1, 0.15) is 29.6 Å². The molecular weight excluding hydrogens is 366 g/mol. The number of hydrogen-bond donors (Lipinski definition) is 2. The van der Waals surface area contributed by atoms with Crippen molar-refractivity contribution >= 4 is 5.91 Å². The Balaban J connectivity index is 1.73. The van der Waals surface area contributed by atoms with Crippen LogP contribution in [0, 0.1) is 18.6 Å². The van der Waals surface area contributed by atoms with Crippen LogP contribution >= 0.6 is 0 Å². The molecule has 1 saturated heterocycles. The van der Waals surface area contributed by atoms with Crippen LogP contribution in [0.3, 0.4) is 0 Å². The van der Waals surface area contributed by atoms with Crippen LogP contribution in [0.2, 0.25) is 0 Å². The van der Waals surface area contributed by atoms with Crippen LogP contribution in [0.5, 0.6) is 0 Å². The van der Waals surface area contributed by atoms with Crippen molar-refractivity contribution in [1.82, 2.24) is 30.3 Å². The van der Waals surface area contributed by atoms with E-state index in [0.717, 1.165) is 18.3 Å². The van der Waals surface area contributed by atoms with E-state index in [2.05, 4.69) is 25.4 Å². The van der Waals surface area contributed by atoms with Crippen LogP contribution in [0.25, 0.3) is 0 Å². The average molecular weight is 392 g/mol. The summed E-state index contributed by atoms with van der Waals surface area (Å²) in [5.74, 6) is 0.158.